The first-order valence-electron chi connectivity index (χ1n) is 8.15. The number of urea groups is 1. The Balaban J connectivity index is 2.09. The third-order valence-corrected chi connectivity index (χ3v) is 3.83. The van der Waals surface area contributed by atoms with E-state index in [1.807, 2.05) is 24.0 Å². The van der Waals surface area contributed by atoms with E-state index >= 15 is 0 Å². The van der Waals surface area contributed by atoms with Gasteiger partial charge in [-0.05, 0) is 31.4 Å². The van der Waals surface area contributed by atoms with Gasteiger partial charge in [-0.3, -0.25) is 4.79 Å². The van der Waals surface area contributed by atoms with Crippen molar-refractivity contribution in [2.24, 2.45) is 0 Å². The molecule has 1 aliphatic rings. The average Bonchev–Trinajstić information content (AvgIpc) is 2.82. The maximum absolute atomic E-state index is 12.7. The lowest BCUT2D eigenvalue weighted by molar-refractivity contribution is 0.0762. The second-order valence-corrected chi connectivity index (χ2v) is 5.63. The van der Waals surface area contributed by atoms with Crippen LogP contribution in [-0.4, -0.2) is 36.5 Å². The summed E-state index contributed by atoms with van der Waals surface area (Å²) in [5, 5.41) is 5.54. The molecule has 5 heteroatoms. The molecule has 1 heterocycles. The molecule has 2 rings (SSSR count). The Labute approximate surface area is 132 Å². The zero-order valence-corrected chi connectivity index (χ0v) is 13.2. The Hall–Kier alpha value is -2.04. The number of nitrogens with one attached hydrogen (secondary N) is 2. The standard InChI is InChI=1S/C17H25N3O2/c1-2-11-18-17(22)19-15-10-6-5-9-14(15)16(21)20-12-7-3-4-8-13-20/h5-6,9-10H,2-4,7-8,11-13H2,1H3,(H2,18,19,22). The number of nitrogens with zero attached hydrogens (tertiary/aromatic N) is 1. The van der Waals surface area contributed by atoms with Crippen molar-refractivity contribution in [3.63, 3.8) is 0 Å². The Morgan fingerprint density at radius 2 is 1.77 bits per heavy atom. The van der Waals surface area contributed by atoms with Gasteiger partial charge < -0.3 is 15.5 Å². The molecular formula is C17H25N3O2. The summed E-state index contributed by atoms with van der Waals surface area (Å²) in [5.41, 5.74) is 1.14. The Bertz CT molecular complexity index is 508. The van der Waals surface area contributed by atoms with Crippen molar-refractivity contribution in [2.75, 3.05) is 25.0 Å². The molecular weight excluding hydrogens is 278 g/mol. The zero-order chi connectivity index (χ0) is 15.8. The molecule has 0 spiro atoms. The van der Waals surface area contributed by atoms with Crippen molar-refractivity contribution in [1.82, 2.24) is 10.2 Å². The topological polar surface area (TPSA) is 61.4 Å². The molecule has 2 N–H and O–H groups in total. The summed E-state index contributed by atoms with van der Waals surface area (Å²) in [6.45, 7) is 4.22. The molecule has 0 radical (unpaired) electrons. The van der Waals surface area contributed by atoms with Gasteiger partial charge in [-0.25, -0.2) is 4.79 Å². The quantitative estimate of drug-likeness (QED) is 0.897. The number of hydrogen-bond donors (Lipinski definition) is 2. The number of amides is 3. The minimum Gasteiger partial charge on any atom is -0.339 e. The van der Waals surface area contributed by atoms with Crippen molar-refractivity contribution in [2.45, 2.75) is 39.0 Å². The third kappa shape index (κ3) is 4.48. The van der Waals surface area contributed by atoms with Crippen LogP contribution in [0.4, 0.5) is 10.5 Å². The molecule has 0 saturated carbocycles. The lowest BCUT2D eigenvalue weighted by Crippen LogP contribution is -2.34. The number of hydrogen-bond acceptors (Lipinski definition) is 2. The molecule has 0 bridgehead atoms. The molecule has 120 valence electrons. The van der Waals surface area contributed by atoms with E-state index in [0.717, 1.165) is 32.4 Å². The highest BCUT2D eigenvalue weighted by Crippen LogP contribution is 2.19. The summed E-state index contributed by atoms with van der Waals surface area (Å²) in [7, 11) is 0. The normalized spacial score (nSPS) is 15.0. The van der Waals surface area contributed by atoms with Gasteiger partial charge in [0.2, 0.25) is 0 Å². The van der Waals surface area contributed by atoms with Crippen molar-refractivity contribution >= 4 is 17.6 Å². The van der Waals surface area contributed by atoms with Crippen LogP contribution < -0.4 is 10.6 Å². The van der Waals surface area contributed by atoms with Crippen LogP contribution in [-0.2, 0) is 0 Å². The van der Waals surface area contributed by atoms with E-state index in [4.69, 9.17) is 0 Å². The first kappa shape index (κ1) is 16.3. The predicted molar refractivity (Wildman–Crippen MR) is 88.1 cm³/mol. The van der Waals surface area contributed by atoms with Gasteiger partial charge in [0.15, 0.2) is 0 Å². The minimum absolute atomic E-state index is 0.00768. The van der Waals surface area contributed by atoms with Gasteiger partial charge in [0, 0.05) is 19.6 Å². The van der Waals surface area contributed by atoms with Gasteiger partial charge in [-0.1, -0.05) is 31.9 Å². The monoisotopic (exact) mass is 303 g/mol. The zero-order valence-electron chi connectivity index (χ0n) is 13.2. The maximum Gasteiger partial charge on any atom is 0.319 e. The summed E-state index contributed by atoms with van der Waals surface area (Å²) in [6, 6.07) is 6.95. The van der Waals surface area contributed by atoms with E-state index < -0.39 is 0 Å². The first-order chi connectivity index (χ1) is 10.7. The molecule has 3 amide bonds. The van der Waals surface area contributed by atoms with E-state index in [1.165, 1.54) is 12.8 Å². The second kappa shape index (κ2) is 8.41. The van der Waals surface area contributed by atoms with Gasteiger partial charge in [0.25, 0.3) is 5.91 Å². The van der Waals surface area contributed by atoms with Crippen molar-refractivity contribution in [3.05, 3.63) is 29.8 Å². The summed E-state index contributed by atoms with van der Waals surface area (Å²) in [4.78, 5) is 26.5. The molecule has 0 unspecified atom stereocenters. The molecule has 1 saturated heterocycles. The lowest BCUT2D eigenvalue weighted by atomic mass is 10.1. The fourth-order valence-electron chi connectivity index (χ4n) is 2.63. The molecule has 0 atom stereocenters. The van der Waals surface area contributed by atoms with Crippen LogP contribution in [0.5, 0.6) is 0 Å². The van der Waals surface area contributed by atoms with Crippen LogP contribution in [0.25, 0.3) is 0 Å². The Kier molecular flexibility index (Phi) is 6.25. The van der Waals surface area contributed by atoms with Crippen LogP contribution in [0.2, 0.25) is 0 Å². The number of likely N-dealkylation sites (tertiary alicyclic amines) is 1. The van der Waals surface area contributed by atoms with Crippen molar-refractivity contribution in [1.29, 1.82) is 0 Å². The SMILES string of the molecule is CCCNC(=O)Nc1ccccc1C(=O)N1CCCCCC1. The van der Waals surface area contributed by atoms with E-state index in [2.05, 4.69) is 10.6 Å². The first-order valence-corrected chi connectivity index (χ1v) is 8.15. The van der Waals surface area contributed by atoms with E-state index in [-0.39, 0.29) is 11.9 Å². The lowest BCUT2D eigenvalue weighted by Gasteiger charge is -2.22. The number of carbonyl (C=O) groups excluding carboxylic acids is 2. The minimum atomic E-state index is -0.266. The smallest absolute Gasteiger partial charge is 0.319 e. The van der Waals surface area contributed by atoms with Crippen molar-refractivity contribution < 1.29 is 9.59 Å². The molecule has 1 aliphatic heterocycles. The highest BCUT2D eigenvalue weighted by molar-refractivity contribution is 6.03. The molecule has 1 aromatic rings. The highest BCUT2D eigenvalue weighted by atomic mass is 16.2. The molecule has 22 heavy (non-hydrogen) atoms. The number of anilines is 1. The second-order valence-electron chi connectivity index (χ2n) is 5.63. The van der Waals surface area contributed by atoms with E-state index in [0.29, 0.717) is 17.8 Å². The average molecular weight is 303 g/mol. The number of para-hydroxylation sites is 1. The van der Waals surface area contributed by atoms with Gasteiger partial charge in [-0.15, -0.1) is 0 Å². The summed E-state index contributed by atoms with van der Waals surface area (Å²) < 4.78 is 0. The predicted octanol–water partition coefficient (Wildman–Crippen LogP) is 3.23. The molecule has 1 aromatic carbocycles. The van der Waals surface area contributed by atoms with Gasteiger partial charge in [0.05, 0.1) is 11.3 Å². The van der Waals surface area contributed by atoms with E-state index in [9.17, 15) is 9.59 Å². The number of rotatable bonds is 4. The van der Waals surface area contributed by atoms with Crippen LogP contribution in [0.3, 0.4) is 0 Å². The van der Waals surface area contributed by atoms with Gasteiger partial charge >= 0.3 is 6.03 Å². The Morgan fingerprint density at radius 1 is 1.09 bits per heavy atom. The summed E-state index contributed by atoms with van der Waals surface area (Å²) in [5.74, 6) is 0.00768. The molecule has 0 aliphatic carbocycles. The summed E-state index contributed by atoms with van der Waals surface area (Å²) >= 11 is 0. The molecule has 1 fully saturated rings. The molecule has 5 nitrogen and oxygen atoms in total. The summed E-state index contributed by atoms with van der Waals surface area (Å²) in [6.07, 6.45) is 5.35. The van der Waals surface area contributed by atoms with Crippen LogP contribution in [0.15, 0.2) is 24.3 Å². The number of carbonyl (C=O) groups is 2. The van der Waals surface area contributed by atoms with Crippen molar-refractivity contribution in [3.8, 4) is 0 Å². The number of benzene rings is 1. The fourth-order valence-corrected chi connectivity index (χ4v) is 2.63. The van der Waals surface area contributed by atoms with Gasteiger partial charge in [-0.2, -0.15) is 0 Å². The van der Waals surface area contributed by atoms with Crippen LogP contribution >= 0.6 is 0 Å². The molecule has 0 aromatic heterocycles. The largest absolute Gasteiger partial charge is 0.339 e. The van der Waals surface area contributed by atoms with Crippen LogP contribution in [0.1, 0.15) is 49.4 Å². The van der Waals surface area contributed by atoms with E-state index in [1.54, 1.807) is 12.1 Å². The van der Waals surface area contributed by atoms with Crippen LogP contribution in [0, 0.1) is 0 Å². The maximum atomic E-state index is 12.7. The Morgan fingerprint density at radius 3 is 2.45 bits per heavy atom. The fraction of sp³-hybridized carbons (Fsp3) is 0.529. The van der Waals surface area contributed by atoms with Gasteiger partial charge in [0.1, 0.15) is 0 Å². The third-order valence-electron chi connectivity index (χ3n) is 3.83. The highest BCUT2D eigenvalue weighted by Gasteiger charge is 2.20.